The highest BCUT2D eigenvalue weighted by Gasteiger charge is 2.08. The van der Waals surface area contributed by atoms with Crippen LogP contribution in [0, 0.1) is 0 Å². The summed E-state index contributed by atoms with van der Waals surface area (Å²) in [5, 5.41) is 3.25. The number of halogens is 1. The maximum Gasteiger partial charge on any atom is 0.225 e. The SMILES string of the molecule is COc1ccc(-c2ccc(CCC(=O)Nc3ccc(Cl)cn3)o2)cc1. The van der Waals surface area contributed by atoms with Gasteiger partial charge in [-0.2, -0.15) is 0 Å². The number of hydrogen-bond donors (Lipinski definition) is 1. The zero-order valence-electron chi connectivity index (χ0n) is 13.7. The number of aryl methyl sites for hydroxylation is 1. The second kappa shape index (κ2) is 7.85. The Morgan fingerprint density at radius 3 is 2.64 bits per heavy atom. The summed E-state index contributed by atoms with van der Waals surface area (Å²) in [6, 6.07) is 14.7. The number of anilines is 1. The topological polar surface area (TPSA) is 64.4 Å². The standard InChI is InChI=1S/C19H17ClN2O3/c1-24-15-5-2-13(3-6-15)17-9-7-16(25-17)8-11-19(23)22-18-10-4-14(20)12-21-18/h2-7,9-10,12H,8,11H2,1H3,(H,21,22,23). The van der Waals surface area contributed by atoms with Crippen molar-refractivity contribution in [3.63, 3.8) is 0 Å². The van der Waals surface area contributed by atoms with Crippen LogP contribution in [0.5, 0.6) is 5.75 Å². The van der Waals surface area contributed by atoms with Gasteiger partial charge in [0.25, 0.3) is 0 Å². The van der Waals surface area contributed by atoms with Crippen LogP contribution in [0.4, 0.5) is 5.82 Å². The molecule has 3 aromatic rings. The summed E-state index contributed by atoms with van der Waals surface area (Å²) in [5.74, 6) is 2.66. The Morgan fingerprint density at radius 1 is 1.16 bits per heavy atom. The van der Waals surface area contributed by atoms with Gasteiger partial charge < -0.3 is 14.5 Å². The van der Waals surface area contributed by atoms with Gasteiger partial charge in [-0.05, 0) is 48.5 Å². The molecule has 1 aromatic carbocycles. The van der Waals surface area contributed by atoms with Crippen molar-refractivity contribution in [3.05, 3.63) is 65.5 Å². The maximum atomic E-state index is 12.0. The summed E-state index contributed by atoms with van der Waals surface area (Å²) < 4.78 is 10.9. The fraction of sp³-hybridized carbons (Fsp3) is 0.158. The molecule has 0 aliphatic carbocycles. The van der Waals surface area contributed by atoms with E-state index in [1.807, 2.05) is 36.4 Å². The van der Waals surface area contributed by atoms with E-state index in [0.29, 0.717) is 23.7 Å². The lowest BCUT2D eigenvalue weighted by Crippen LogP contribution is -2.13. The van der Waals surface area contributed by atoms with E-state index in [4.69, 9.17) is 20.8 Å². The first kappa shape index (κ1) is 17.0. The molecular weight excluding hydrogens is 340 g/mol. The van der Waals surface area contributed by atoms with E-state index in [9.17, 15) is 4.79 Å². The molecule has 0 saturated carbocycles. The monoisotopic (exact) mass is 356 g/mol. The lowest BCUT2D eigenvalue weighted by atomic mass is 10.2. The number of amides is 1. The lowest BCUT2D eigenvalue weighted by molar-refractivity contribution is -0.116. The molecule has 0 saturated heterocycles. The molecule has 0 aliphatic heterocycles. The van der Waals surface area contributed by atoms with Gasteiger partial charge in [0.05, 0.1) is 12.1 Å². The van der Waals surface area contributed by atoms with E-state index in [2.05, 4.69) is 10.3 Å². The highest BCUT2D eigenvalue weighted by molar-refractivity contribution is 6.30. The molecule has 0 radical (unpaired) electrons. The van der Waals surface area contributed by atoms with Crippen LogP contribution in [-0.4, -0.2) is 18.0 Å². The number of pyridine rings is 1. The van der Waals surface area contributed by atoms with E-state index >= 15 is 0 Å². The summed E-state index contributed by atoms with van der Waals surface area (Å²) in [4.78, 5) is 16.0. The third-order valence-electron chi connectivity index (χ3n) is 3.63. The first-order chi connectivity index (χ1) is 12.1. The van der Waals surface area contributed by atoms with Crippen molar-refractivity contribution in [2.24, 2.45) is 0 Å². The highest BCUT2D eigenvalue weighted by atomic mass is 35.5. The number of aromatic nitrogens is 1. The molecule has 6 heteroatoms. The molecule has 2 heterocycles. The Hall–Kier alpha value is -2.79. The van der Waals surface area contributed by atoms with Gasteiger partial charge in [0.15, 0.2) is 0 Å². The normalized spacial score (nSPS) is 10.5. The Morgan fingerprint density at radius 2 is 1.96 bits per heavy atom. The van der Waals surface area contributed by atoms with Gasteiger partial charge in [0.2, 0.25) is 5.91 Å². The van der Waals surface area contributed by atoms with Crippen molar-refractivity contribution in [3.8, 4) is 17.1 Å². The van der Waals surface area contributed by atoms with Crippen LogP contribution in [-0.2, 0) is 11.2 Å². The van der Waals surface area contributed by atoms with Crippen LogP contribution in [0.15, 0.2) is 59.1 Å². The molecule has 0 fully saturated rings. The molecule has 2 aromatic heterocycles. The van der Waals surface area contributed by atoms with E-state index in [0.717, 1.165) is 22.8 Å². The summed E-state index contributed by atoms with van der Waals surface area (Å²) in [6.07, 6.45) is 2.31. The first-order valence-corrected chi connectivity index (χ1v) is 8.16. The van der Waals surface area contributed by atoms with Gasteiger partial charge in [0, 0.05) is 24.6 Å². The summed E-state index contributed by atoms with van der Waals surface area (Å²) >= 11 is 5.76. The third kappa shape index (κ3) is 4.61. The number of nitrogens with one attached hydrogen (secondary N) is 1. The Kier molecular flexibility index (Phi) is 5.36. The van der Waals surface area contributed by atoms with E-state index in [1.54, 1.807) is 19.2 Å². The van der Waals surface area contributed by atoms with Crippen LogP contribution >= 0.6 is 11.6 Å². The third-order valence-corrected chi connectivity index (χ3v) is 3.85. The smallest absolute Gasteiger partial charge is 0.225 e. The number of carbonyl (C=O) groups is 1. The van der Waals surface area contributed by atoms with Gasteiger partial charge in [-0.25, -0.2) is 4.98 Å². The van der Waals surface area contributed by atoms with Crippen LogP contribution < -0.4 is 10.1 Å². The van der Waals surface area contributed by atoms with Crippen LogP contribution in [0.1, 0.15) is 12.2 Å². The van der Waals surface area contributed by atoms with Gasteiger partial charge >= 0.3 is 0 Å². The van der Waals surface area contributed by atoms with Crippen molar-refractivity contribution in [2.45, 2.75) is 12.8 Å². The number of ether oxygens (including phenoxy) is 1. The van der Waals surface area contributed by atoms with Crippen molar-refractivity contribution < 1.29 is 13.9 Å². The number of furan rings is 1. The molecule has 0 bridgehead atoms. The number of methoxy groups -OCH3 is 1. The minimum atomic E-state index is -0.128. The van der Waals surface area contributed by atoms with E-state index < -0.39 is 0 Å². The number of hydrogen-bond acceptors (Lipinski definition) is 4. The molecule has 25 heavy (non-hydrogen) atoms. The molecule has 0 spiro atoms. The number of benzene rings is 1. The van der Waals surface area contributed by atoms with Crippen molar-refractivity contribution in [1.82, 2.24) is 4.98 Å². The average Bonchev–Trinajstić information content (AvgIpc) is 3.11. The highest BCUT2D eigenvalue weighted by Crippen LogP contribution is 2.25. The number of rotatable bonds is 6. The Balaban J connectivity index is 1.55. The Labute approximate surface area is 150 Å². The zero-order chi connectivity index (χ0) is 17.6. The first-order valence-electron chi connectivity index (χ1n) is 7.78. The number of nitrogens with zero attached hydrogens (tertiary/aromatic N) is 1. The summed E-state index contributed by atoms with van der Waals surface area (Å²) in [7, 11) is 1.63. The molecule has 128 valence electrons. The minimum Gasteiger partial charge on any atom is -0.497 e. The van der Waals surface area contributed by atoms with Gasteiger partial charge in [-0.3, -0.25) is 4.79 Å². The maximum absolute atomic E-state index is 12.0. The molecule has 0 unspecified atom stereocenters. The van der Waals surface area contributed by atoms with Gasteiger partial charge in [0.1, 0.15) is 23.1 Å². The quantitative estimate of drug-likeness (QED) is 0.702. The van der Waals surface area contributed by atoms with Gasteiger partial charge in [-0.15, -0.1) is 0 Å². The average molecular weight is 357 g/mol. The number of carbonyl (C=O) groups excluding carboxylic acids is 1. The summed E-state index contributed by atoms with van der Waals surface area (Å²) in [6.45, 7) is 0. The second-order valence-electron chi connectivity index (χ2n) is 5.40. The van der Waals surface area contributed by atoms with Crippen molar-refractivity contribution in [1.29, 1.82) is 0 Å². The predicted octanol–water partition coefficient (Wildman–Crippen LogP) is 4.57. The largest absolute Gasteiger partial charge is 0.497 e. The minimum absolute atomic E-state index is 0.128. The second-order valence-corrected chi connectivity index (χ2v) is 5.84. The van der Waals surface area contributed by atoms with E-state index in [1.165, 1.54) is 6.20 Å². The van der Waals surface area contributed by atoms with Crippen LogP contribution in [0.2, 0.25) is 5.02 Å². The fourth-order valence-corrected chi connectivity index (χ4v) is 2.43. The molecule has 0 aliphatic rings. The molecule has 5 nitrogen and oxygen atoms in total. The molecule has 1 N–H and O–H groups in total. The van der Waals surface area contributed by atoms with Crippen molar-refractivity contribution >= 4 is 23.3 Å². The fourth-order valence-electron chi connectivity index (χ4n) is 2.31. The molecule has 0 atom stereocenters. The Bertz CT molecular complexity index is 842. The zero-order valence-corrected chi connectivity index (χ0v) is 14.4. The molecule has 1 amide bonds. The van der Waals surface area contributed by atoms with E-state index in [-0.39, 0.29) is 5.91 Å². The van der Waals surface area contributed by atoms with Crippen LogP contribution in [0.25, 0.3) is 11.3 Å². The summed E-state index contributed by atoms with van der Waals surface area (Å²) in [5.41, 5.74) is 0.960. The van der Waals surface area contributed by atoms with Crippen LogP contribution in [0.3, 0.4) is 0 Å². The predicted molar refractivity (Wildman–Crippen MR) is 96.9 cm³/mol. The lowest BCUT2D eigenvalue weighted by Gasteiger charge is -2.03. The molecule has 3 rings (SSSR count). The molecular formula is C19H17ClN2O3. The van der Waals surface area contributed by atoms with Gasteiger partial charge in [-0.1, -0.05) is 11.6 Å². The van der Waals surface area contributed by atoms with Crippen molar-refractivity contribution in [2.75, 3.05) is 12.4 Å².